The second kappa shape index (κ2) is 6.98. The first kappa shape index (κ1) is 19.1. The Morgan fingerprint density at radius 3 is 2.79 bits per heavy atom. The maximum atomic E-state index is 13.4. The Morgan fingerprint density at radius 2 is 2.10 bits per heavy atom. The van der Waals surface area contributed by atoms with Crippen molar-refractivity contribution in [3.05, 3.63) is 41.4 Å². The minimum absolute atomic E-state index is 0.0360. The number of ether oxygens (including phenoxy) is 1. The Balaban J connectivity index is 1.76. The van der Waals surface area contributed by atoms with Crippen LogP contribution < -0.4 is 15.8 Å². The second-order valence-electron chi connectivity index (χ2n) is 7.72. The molecular weight excluding hydrogens is 375 g/mol. The number of benzene rings is 1. The highest BCUT2D eigenvalue weighted by atomic mass is 19.1. The molecule has 0 saturated heterocycles. The van der Waals surface area contributed by atoms with Gasteiger partial charge in [0.25, 0.3) is 0 Å². The van der Waals surface area contributed by atoms with E-state index in [9.17, 15) is 4.39 Å². The van der Waals surface area contributed by atoms with Crippen molar-refractivity contribution < 1.29 is 13.5 Å². The van der Waals surface area contributed by atoms with E-state index in [-0.39, 0.29) is 17.9 Å². The van der Waals surface area contributed by atoms with Gasteiger partial charge in [0.1, 0.15) is 17.9 Å². The van der Waals surface area contributed by atoms with Gasteiger partial charge in [0.2, 0.25) is 11.8 Å². The number of rotatable bonds is 5. The van der Waals surface area contributed by atoms with Gasteiger partial charge in [-0.2, -0.15) is 0 Å². The van der Waals surface area contributed by atoms with Gasteiger partial charge < -0.3 is 20.2 Å². The highest BCUT2D eigenvalue weighted by Gasteiger charge is 2.36. The summed E-state index contributed by atoms with van der Waals surface area (Å²) in [6.45, 7) is 5.83. The van der Waals surface area contributed by atoms with Gasteiger partial charge in [-0.05, 0) is 36.5 Å². The first-order valence-corrected chi connectivity index (χ1v) is 9.33. The van der Waals surface area contributed by atoms with Gasteiger partial charge >= 0.3 is 0 Å². The number of nitrogens with zero attached hydrogens (tertiary/aromatic N) is 4. The molecule has 29 heavy (non-hydrogen) atoms. The van der Waals surface area contributed by atoms with Crippen molar-refractivity contribution in [3.8, 4) is 17.0 Å². The maximum absolute atomic E-state index is 13.4. The fraction of sp³-hybridized carbons (Fsp3) is 0.400. The van der Waals surface area contributed by atoms with Crippen LogP contribution in [0.2, 0.25) is 0 Å². The van der Waals surface area contributed by atoms with Crippen LogP contribution >= 0.6 is 0 Å². The van der Waals surface area contributed by atoms with Gasteiger partial charge in [-0.3, -0.25) is 0 Å². The highest BCUT2D eigenvalue weighted by Crippen LogP contribution is 2.48. The fourth-order valence-electron chi connectivity index (χ4n) is 3.86. The Morgan fingerprint density at radius 1 is 1.31 bits per heavy atom. The second-order valence-corrected chi connectivity index (χ2v) is 7.72. The van der Waals surface area contributed by atoms with Gasteiger partial charge in [-0.1, -0.05) is 13.8 Å². The van der Waals surface area contributed by atoms with Crippen LogP contribution in [-0.2, 0) is 18.4 Å². The quantitative estimate of drug-likeness (QED) is 0.670. The van der Waals surface area contributed by atoms with E-state index in [1.54, 1.807) is 7.11 Å². The molecular formula is C20H23FN6O2. The van der Waals surface area contributed by atoms with Crippen LogP contribution in [0.5, 0.6) is 5.75 Å². The normalized spacial score (nSPS) is 15.3. The number of halogens is 1. The van der Waals surface area contributed by atoms with Gasteiger partial charge in [-0.25, -0.2) is 14.4 Å². The number of nitrogens with one attached hydrogen (secondary N) is 1. The van der Waals surface area contributed by atoms with Crippen LogP contribution in [-0.4, -0.2) is 27.3 Å². The average molecular weight is 398 g/mol. The minimum Gasteiger partial charge on any atom is -0.495 e. The molecule has 1 atom stereocenters. The van der Waals surface area contributed by atoms with Gasteiger partial charge in [0.15, 0.2) is 6.17 Å². The number of alkyl halides is 1. The molecule has 1 aliphatic carbocycles. The van der Waals surface area contributed by atoms with Crippen LogP contribution in [0.15, 0.2) is 22.9 Å². The molecule has 152 valence electrons. The number of hydrogen-bond donors (Lipinski definition) is 2. The van der Waals surface area contributed by atoms with Crippen molar-refractivity contribution in [1.82, 2.24) is 20.2 Å². The molecule has 0 saturated carbocycles. The summed E-state index contributed by atoms with van der Waals surface area (Å²) >= 11 is 0. The molecule has 4 rings (SSSR count). The minimum atomic E-state index is -1.31. The molecule has 8 nitrogen and oxygen atoms in total. The lowest BCUT2D eigenvalue weighted by atomic mass is 9.71. The summed E-state index contributed by atoms with van der Waals surface area (Å²) in [6, 6.07) is 3.86. The molecule has 9 heteroatoms. The summed E-state index contributed by atoms with van der Waals surface area (Å²) in [7, 11) is 1.62. The van der Waals surface area contributed by atoms with Crippen molar-refractivity contribution in [2.45, 2.75) is 45.3 Å². The lowest BCUT2D eigenvalue weighted by Gasteiger charge is -2.35. The van der Waals surface area contributed by atoms with E-state index in [2.05, 4.69) is 39.3 Å². The van der Waals surface area contributed by atoms with Crippen LogP contribution in [0.1, 0.15) is 49.9 Å². The molecule has 3 aromatic rings. The van der Waals surface area contributed by atoms with Gasteiger partial charge in [0, 0.05) is 11.1 Å². The first-order valence-electron chi connectivity index (χ1n) is 9.33. The molecule has 1 unspecified atom stereocenters. The molecule has 0 fully saturated rings. The third-order valence-electron chi connectivity index (χ3n) is 5.16. The number of fused-ring (bicyclic) bond motifs is 3. The fourth-order valence-corrected chi connectivity index (χ4v) is 3.86. The van der Waals surface area contributed by atoms with Crippen molar-refractivity contribution in [2.24, 2.45) is 0 Å². The van der Waals surface area contributed by atoms with Crippen molar-refractivity contribution in [1.29, 1.82) is 0 Å². The maximum Gasteiger partial charge on any atom is 0.250 e. The third-order valence-corrected chi connectivity index (χ3v) is 5.16. The SMILES string of the molecule is COc1ccc2c(c1NCc1nnc(C(C)F)o1)CC(C)(C)c1c(N)ncnc1-2. The lowest BCUT2D eigenvalue weighted by molar-refractivity contribution is 0.292. The van der Waals surface area contributed by atoms with Crippen molar-refractivity contribution in [3.63, 3.8) is 0 Å². The Kier molecular flexibility index (Phi) is 4.60. The van der Waals surface area contributed by atoms with E-state index in [0.29, 0.717) is 23.9 Å². The summed E-state index contributed by atoms with van der Waals surface area (Å²) in [5.74, 6) is 1.44. The number of anilines is 2. The number of methoxy groups -OCH3 is 1. The van der Waals surface area contributed by atoms with E-state index >= 15 is 0 Å². The van der Waals surface area contributed by atoms with E-state index in [0.717, 1.165) is 28.1 Å². The molecule has 3 N–H and O–H groups in total. The summed E-state index contributed by atoms with van der Waals surface area (Å²) in [5, 5.41) is 11.0. The largest absolute Gasteiger partial charge is 0.495 e. The topological polar surface area (TPSA) is 112 Å². The van der Waals surface area contributed by atoms with E-state index < -0.39 is 6.17 Å². The Labute approximate surface area is 167 Å². The van der Waals surface area contributed by atoms with Crippen LogP contribution in [0.25, 0.3) is 11.3 Å². The van der Waals surface area contributed by atoms with Crippen molar-refractivity contribution in [2.75, 3.05) is 18.2 Å². The first-order chi connectivity index (χ1) is 13.8. The molecule has 0 radical (unpaired) electrons. The zero-order valence-electron chi connectivity index (χ0n) is 16.8. The molecule has 1 aromatic carbocycles. The molecule has 0 bridgehead atoms. The zero-order valence-corrected chi connectivity index (χ0v) is 16.8. The summed E-state index contributed by atoms with van der Waals surface area (Å²) in [6.07, 6.45) is 0.885. The van der Waals surface area contributed by atoms with E-state index in [1.165, 1.54) is 13.3 Å². The number of aromatic nitrogens is 4. The summed E-state index contributed by atoms with van der Waals surface area (Å²) in [5.41, 5.74) is 10.5. The van der Waals surface area contributed by atoms with Crippen LogP contribution in [0, 0.1) is 0 Å². The molecule has 0 spiro atoms. The number of nitrogens with two attached hydrogens (primary N) is 1. The van der Waals surface area contributed by atoms with Gasteiger partial charge in [0.05, 0.1) is 25.0 Å². The standard InChI is InChI=1S/C20H23FN6O2/c1-10(21)19-27-26-14(29-19)8-23-16-12-7-20(2,3)15-17(24-9-25-18(15)22)11(12)5-6-13(16)28-4/h5-6,9-10,23H,7-8H2,1-4H3,(H2,22,24,25). The zero-order chi connectivity index (χ0) is 20.8. The average Bonchev–Trinajstić information content (AvgIpc) is 3.15. The summed E-state index contributed by atoms with van der Waals surface area (Å²) in [4.78, 5) is 8.69. The lowest BCUT2D eigenvalue weighted by Crippen LogP contribution is -2.29. The van der Waals surface area contributed by atoms with E-state index in [1.807, 2.05) is 12.1 Å². The van der Waals surface area contributed by atoms with Crippen LogP contribution in [0.3, 0.4) is 0 Å². The third kappa shape index (κ3) is 3.26. The molecule has 0 amide bonds. The van der Waals surface area contributed by atoms with Crippen molar-refractivity contribution >= 4 is 11.5 Å². The number of nitrogen functional groups attached to an aromatic ring is 1. The molecule has 2 heterocycles. The van der Waals surface area contributed by atoms with E-state index in [4.69, 9.17) is 14.9 Å². The predicted molar refractivity (Wildman–Crippen MR) is 106 cm³/mol. The summed E-state index contributed by atoms with van der Waals surface area (Å²) < 4.78 is 24.3. The molecule has 1 aliphatic rings. The smallest absolute Gasteiger partial charge is 0.250 e. The Bertz CT molecular complexity index is 1060. The Hall–Kier alpha value is -3.23. The molecule has 0 aliphatic heterocycles. The highest BCUT2D eigenvalue weighted by molar-refractivity contribution is 5.82. The molecule has 2 aromatic heterocycles. The van der Waals surface area contributed by atoms with Crippen LogP contribution in [0.4, 0.5) is 15.9 Å². The van der Waals surface area contributed by atoms with Gasteiger partial charge in [-0.15, -0.1) is 10.2 Å². The predicted octanol–water partition coefficient (Wildman–Crippen LogP) is 3.59. The monoisotopic (exact) mass is 398 g/mol. The number of hydrogen-bond acceptors (Lipinski definition) is 8.